The van der Waals surface area contributed by atoms with Crippen LogP contribution >= 0.6 is 0 Å². The molecule has 1 aromatic heterocycles. The number of aryl methyl sites for hydroxylation is 1. The van der Waals surface area contributed by atoms with Crippen molar-refractivity contribution in [1.29, 1.82) is 0 Å². The fourth-order valence-electron chi connectivity index (χ4n) is 5.53. The SMILES string of the molecule is CCC[C@@]1(CCc2ccccc2)CC(O)=C([C@H](CC)c2cccc(NS(=O)(=O)c3ccc(COCC)cn3)c2)C(=O)O1. The minimum Gasteiger partial charge on any atom is -0.512 e. The summed E-state index contributed by atoms with van der Waals surface area (Å²) < 4.78 is 40.2. The highest BCUT2D eigenvalue weighted by molar-refractivity contribution is 7.92. The first-order valence-electron chi connectivity index (χ1n) is 14.5. The van der Waals surface area contributed by atoms with E-state index in [1.54, 1.807) is 24.3 Å². The Morgan fingerprint density at radius 1 is 1.02 bits per heavy atom. The Balaban J connectivity index is 1.54. The number of carbonyl (C=O) groups is 1. The van der Waals surface area contributed by atoms with Gasteiger partial charge in [-0.05, 0) is 67.5 Å². The molecule has 0 unspecified atom stereocenters. The van der Waals surface area contributed by atoms with Crippen LogP contribution in [0.2, 0.25) is 0 Å². The standard InChI is InChI=1S/C33H40N2O6S/c1-4-18-33(19-17-24-11-8-7-9-12-24)21-29(36)31(32(37)41-33)28(5-2)26-13-10-14-27(20-26)35-42(38,39)30-16-15-25(22-34-30)23-40-6-3/h7-16,20,22,28,35-36H,4-6,17-19,21,23H2,1-3H3/t28-,33-/m1/s1. The van der Waals surface area contributed by atoms with Crippen molar-refractivity contribution < 1.29 is 27.8 Å². The second kappa shape index (κ2) is 14.0. The number of anilines is 1. The minimum absolute atomic E-state index is 0.0435. The van der Waals surface area contributed by atoms with Gasteiger partial charge in [0.2, 0.25) is 0 Å². The fraction of sp³-hybridized carbons (Fsp3) is 0.394. The van der Waals surface area contributed by atoms with Crippen molar-refractivity contribution in [2.75, 3.05) is 11.3 Å². The van der Waals surface area contributed by atoms with Gasteiger partial charge in [-0.3, -0.25) is 4.72 Å². The first-order chi connectivity index (χ1) is 20.2. The van der Waals surface area contributed by atoms with Crippen molar-refractivity contribution in [1.82, 2.24) is 4.98 Å². The number of benzene rings is 2. The highest BCUT2D eigenvalue weighted by Crippen LogP contribution is 2.42. The molecular weight excluding hydrogens is 552 g/mol. The smallest absolute Gasteiger partial charge is 0.338 e. The van der Waals surface area contributed by atoms with Crippen molar-refractivity contribution in [2.45, 2.75) is 82.4 Å². The number of aliphatic hydroxyl groups is 1. The topological polar surface area (TPSA) is 115 Å². The van der Waals surface area contributed by atoms with E-state index >= 15 is 0 Å². The molecule has 0 saturated carbocycles. The molecular formula is C33H40N2O6S. The van der Waals surface area contributed by atoms with Gasteiger partial charge in [-0.15, -0.1) is 0 Å². The lowest BCUT2D eigenvalue weighted by molar-refractivity contribution is -0.161. The summed E-state index contributed by atoms with van der Waals surface area (Å²) in [6.07, 6.45) is 5.06. The van der Waals surface area contributed by atoms with Crippen molar-refractivity contribution in [3.8, 4) is 0 Å². The lowest BCUT2D eigenvalue weighted by Gasteiger charge is -2.38. The zero-order valence-electron chi connectivity index (χ0n) is 24.5. The van der Waals surface area contributed by atoms with Crippen molar-refractivity contribution in [3.63, 3.8) is 0 Å². The molecule has 42 heavy (non-hydrogen) atoms. The van der Waals surface area contributed by atoms with Gasteiger partial charge in [-0.1, -0.05) is 68.8 Å². The van der Waals surface area contributed by atoms with E-state index in [2.05, 4.69) is 9.71 Å². The predicted octanol–water partition coefficient (Wildman–Crippen LogP) is 6.84. The predicted molar refractivity (Wildman–Crippen MR) is 163 cm³/mol. The molecule has 2 heterocycles. The van der Waals surface area contributed by atoms with E-state index in [9.17, 15) is 18.3 Å². The maximum absolute atomic E-state index is 13.5. The summed E-state index contributed by atoms with van der Waals surface area (Å²) in [6, 6.07) is 20.0. The molecule has 8 nitrogen and oxygen atoms in total. The number of carbonyl (C=O) groups excluding carboxylic acids is 1. The van der Waals surface area contributed by atoms with Crippen LogP contribution in [0.5, 0.6) is 0 Å². The quantitative estimate of drug-likeness (QED) is 0.197. The summed E-state index contributed by atoms with van der Waals surface area (Å²) in [4.78, 5) is 17.6. The lowest BCUT2D eigenvalue weighted by Crippen LogP contribution is -2.41. The number of aliphatic hydroxyl groups excluding tert-OH is 1. The number of pyridine rings is 1. The lowest BCUT2D eigenvalue weighted by atomic mass is 9.80. The summed E-state index contributed by atoms with van der Waals surface area (Å²) in [7, 11) is -3.95. The molecule has 2 N–H and O–H groups in total. The Hall–Kier alpha value is -3.69. The van der Waals surface area contributed by atoms with Gasteiger partial charge in [-0.2, -0.15) is 8.42 Å². The monoisotopic (exact) mass is 592 g/mol. The molecule has 0 spiro atoms. The third-order valence-corrected chi connectivity index (χ3v) is 8.89. The van der Waals surface area contributed by atoms with Gasteiger partial charge in [0.15, 0.2) is 5.03 Å². The number of nitrogens with one attached hydrogen (secondary N) is 1. The molecule has 0 radical (unpaired) electrons. The van der Waals surface area contributed by atoms with E-state index in [0.717, 1.165) is 24.0 Å². The number of cyclic esters (lactones) is 1. The Morgan fingerprint density at radius 3 is 2.45 bits per heavy atom. The zero-order valence-corrected chi connectivity index (χ0v) is 25.3. The molecule has 224 valence electrons. The van der Waals surface area contributed by atoms with Crippen LogP contribution in [0.25, 0.3) is 0 Å². The molecule has 4 rings (SSSR count). The van der Waals surface area contributed by atoms with Crippen molar-refractivity contribution in [2.24, 2.45) is 0 Å². The largest absolute Gasteiger partial charge is 0.512 e. The number of sulfonamides is 1. The number of nitrogens with zero attached hydrogens (tertiary/aromatic N) is 1. The second-order valence-electron chi connectivity index (χ2n) is 10.7. The van der Waals surface area contributed by atoms with Gasteiger partial charge in [0.05, 0.1) is 12.2 Å². The van der Waals surface area contributed by atoms with Crippen LogP contribution in [-0.4, -0.2) is 36.7 Å². The summed E-state index contributed by atoms with van der Waals surface area (Å²) in [5.74, 6) is -0.942. The summed E-state index contributed by atoms with van der Waals surface area (Å²) in [5, 5.41) is 11.2. The van der Waals surface area contributed by atoms with E-state index < -0.39 is 27.5 Å². The molecule has 0 fully saturated rings. The molecule has 9 heteroatoms. The van der Waals surface area contributed by atoms with Gasteiger partial charge < -0.3 is 14.6 Å². The molecule has 2 aromatic carbocycles. The average Bonchev–Trinajstić information content (AvgIpc) is 2.98. The van der Waals surface area contributed by atoms with Crippen LogP contribution in [0.3, 0.4) is 0 Å². The average molecular weight is 593 g/mol. The summed E-state index contributed by atoms with van der Waals surface area (Å²) in [5.41, 5.74) is 2.42. The number of esters is 1. The second-order valence-corrected chi connectivity index (χ2v) is 12.3. The highest BCUT2D eigenvalue weighted by Gasteiger charge is 2.43. The highest BCUT2D eigenvalue weighted by atomic mass is 32.2. The minimum atomic E-state index is -3.95. The van der Waals surface area contributed by atoms with Crippen LogP contribution in [0.15, 0.2) is 89.3 Å². The third kappa shape index (κ3) is 7.57. The normalized spacial score (nSPS) is 18.0. The van der Waals surface area contributed by atoms with Crippen molar-refractivity contribution in [3.05, 3.63) is 101 Å². The maximum atomic E-state index is 13.5. The Labute approximate surface area is 248 Å². The van der Waals surface area contributed by atoms with Crippen LogP contribution < -0.4 is 4.72 Å². The Kier molecular flexibility index (Phi) is 10.4. The van der Waals surface area contributed by atoms with Gasteiger partial charge in [0, 0.05) is 30.8 Å². The molecule has 1 aliphatic rings. The van der Waals surface area contributed by atoms with Crippen LogP contribution in [0.4, 0.5) is 5.69 Å². The van der Waals surface area contributed by atoms with E-state index in [0.29, 0.717) is 43.7 Å². The van der Waals surface area contributed by atoms with Crippen LogP contribution in [0, 0.1) is 0 Å². The summed E-state index contributed by atoms with van der Waals surface area (Å²) in [6.45, 7) is 6.76. The van der Waals surface area contributed by atoms with Gasteiger partial charge in [0.1, 0.15) is 11.4 Å². The Morgan fingerprint density at radius 2 is 1.81 bits per heavy atom. The first-order valence-corrected chi connectivity index (χ1v) is 16.0. The number of aromatic nitrogens is 1. The molecule has 0 aliphatic carbocycles. The third-order valence-electron chi connectivity index (χ3n) is 7.59. The Bertz CT molecular complexity index is 1490. The fourth-order valence-corrected chi connectivity index (χ4v) is 6.51. The number of hydrogen-bond acceptors (Lipinski definition) is 7. The van der Waals surface area contributed by atoms with Crippen LogP contribution in [0.1, 0.15) is 75.5 Å². The molecule has 2 atom stereocenters. The van der Waals surface area contributed by atoms with Gasteiger partial charge in [0.25, 0.3) is 10.0 Å². The zero-order chi connectivity index (χ0) is 30.2. The summed E-state index contributed by atoms with van der Waals surface area (Å²) >= 11 is 0. The van der Waals surface area contributed by atoms with Gasteiger partial charge in [-0.25, -0.2) is 9.78 Å². The molecule has 0 saturated heterocycles. The molecule has 3 aromatic rings. The van der Waals surface area contributed by atoms with E-state index in [1.807, 2.05) is 57.2 Å². The number of hydrogen-bond donors (Lipinski definition) is 2. The molecule has 0 amide bonds. The van der Waals surface area contributed by atoms with E-state index in [4.69, 9.17) is 9.47 Å². The van der Waals surface area contributed by atoms with E-state index in [-0.39, 0.29) is 22.8 Å². The molecule has 0 bridgehead atoms. The number of ether oxygens (including phenoxy) is 2. The van der Waals surface area contributed by atoms with Gasteiger partial charge >= 0.3 is 5.97 Å². The van der Waals surface area contributed by atoms with Crippen LogP contribution in [-0.2, 0) is 37.3 Å². The maximum Gasteiger partial charge on any atom is 0.338 e. The van der Waals surface area contributed by atoms with Crippen molar-refractivity contribution >= 4 is 21.7 Å². The number of rotatable bonds is 14. The first kappa shape index (κ1) is 31.3. The van der Waals surface area contributed by atoms with E-state index in [1.165, 1.54) is 12.3 Å². The molecule has 1 aliphatic heterocycles.